The lowest BCUT2D eigenvalue weighted by Gasteiger charge is -2.33. The maximum atomic E-state index is 12.2. The van der Waals surface area contributed by atoms with Crippen molar-refractivity contribution in [2.75, 3.05) is 12.9 Å². The van der Waals surface area contributed by atoms with Crippen molar-refractivity contribution < 1.29 is 9.21 Å². The van der Waals surface area contributed by atoms with E-state index >= 15 is 0 Å². The molecule has 0 spiro atoms. The highest BCUT2D eigenvalue weighted by Crippen LogP contribution is 2.20. The molecule has 4 heteroatoms. The van der Waals surface area contributed by atoms with Gasteiger partial charge >= 0.3 is 0 Å². The second-order valence-electron chi connectivity index (χ2n) is 4.42. The maximum Gasteiger partial charge on any atom is 0.257 e. The van der Waals surface area contributed by atoms with Gasteiger partial charge in [-0.05, 0) is 19.9 Å². The zero-order chi connectivity index (χ0) is 12.3. The highest BCUT2D eigenvalue weighted by molar-refractivity contribution is 6.18. The van der Waals surface area contributed by atoms with Gasteiger partial charge in [-0.2, -0.15) is 0 Å². The van der Waals surface area contributed by atoms with Crippen LogP contribution < -0.4 is 0 Å². The lowest BCUT2D eigenvalue weighted by molar-refractivity contribution is 0.0658. The first kappa shape index (κ1) is 13.1. The van der Waals surface area contributed by atoms with E-state index in [1.54, 1.807) is 24.3 Å². The van der Waals surface area contributed by atoms with Gasteiger partial charge in [0, 0.05) is 19.3 Å². The number of hydrogen-bond acceptors (Lipinski definition) is 2. The summed E-state index contributed by atoms with van der Waals surface area (Å²) < 4.78 is 5.25. The van der Waals surface area contributed by atoms with Crippen LogP contribution in [0.3, 0.4) is 0 Å². The smallest absolute Gasteiger partial charge is 0.257 e. The van der Waals surface area contributed by atoms with Gasteiger partial charge < -0.3 is 9.32 Å². The van der Waals surface area contributed by atoms with Gasteiger partial charge in [0.25, 0.3) is 5.91 Å². The molecular weight excluding hydrogens is 226 g/mol. The molecule has 1 amide bonds. The molecule has 0 aliphatic carbocycles. The summed E-state index contributed by atoms with van der Waals surface area (Å²) in [7, 11) is 1.76. The minimum Gasteiger partial charge on any atom is -0.469 e. The molecule has 0 bridgehead atoms. The number of halogens is 1. The Kier molecular flexibility index (Phi) is 4.03. The minimum atomic E-state index is -0.360. The number of nitrogens with zero attached hydrogens (tertiary/aromatic N) is 1. The average Bonchev–Trinajstić information content (AvgIpc) is 2.74. The average molecular weight is 244 g/mol. The fourth-order valence-corrected chi connectivity index (χ4v) is 1.53. The van der Waals surface area contributed by atoms with Gasteiger partial charge in [-0.25, -0.2) is 0 Å². The van der Waals surface area contributed by atoms with E-state index in [4.69, 9.17) is 16.0 Å². The number of aryl methyl sites for hydroxylation is 1. The molecule has 0 radical (unpaired) electrons. The molecule has 1 aromatic rings. The van der Waals surface area contributed by atoms with E-state index in [1.165, 1.54) is 0 Å². The molecule has 1 rings (SSSR count). The van der Waals surface area contributed by atoms with E-state index in [1.807, 2.05) is 20.8 Å². The summed E-state index contributed by atoms with van der Waals surface area (Å²) in [6.07, 6.45) is 2.26. The molecule has 3 nitrogen and oxygen atoms in total. The maximum absolute atomic E-state index is 12.2. The third-order valence-electron chi connectivity index (χ3n) is 2.84. The van der Waals surface area contributed by atoms with E-state index in [2.05, 4.69) is 0 Å². The van der Waals surface area contributed by atoms with Crippen LogP contribution in [0.4, 0.5) is 0 Å². The quantitative estimate of drug-likeness (QED) is 0.762. The molecule has 0 N–H and O–H groups in total. The highest BCUT2D eigenvalue weighted by Gasteiger charge is 2.29. The fourth-order valence-electron chi connectivity index (χ4n) is 1.35. The first-order valence-corrected chi connectivity index (χ1v) is 5.88. The van der Waals surface area contributed by atoms with Gasteiger partial charge in [0.2, 0.25) is 0 Å². The molecule has 90 valence electrons. The number of alkyl halides is 1. The van der Waals surface area contributed by atoms with Crippen LogP contribution in [0.5, 0.6) is 0 Å². The van der Waals surface area contributed by atoms with Gasteiger partial charge in [-0.15, -0.1) is 11.6 Å². The fraction of sp³-hybridized carbons (Fsp3) is 0.583. The van der Waals surface area contributed by atoms with Crippen LogP contribution in [0.2, 0.25) is 0 Å². The number of carbonyl (C=O) groups excluding carboxylic acids is 1. The summed E-state index contributed by atoms with van der Waals surface area (Å²) in [5.41, 5.74) is 0.268. The molecule has 1 aromatic heterocycles. The van der Waals surface area contributed by atoms with Gasteiger partial charge in [-0.3, -0.25) is 4.79 Å². The Balaban J connectivity index is 2.95. The molecule has 0 aliphatic rings. The predicted molar refractivity (Wildman–Crippen MR) is 65.0 cm³/mol. The molecule has 1 heterocycles. The van der Waals surface area contributed by atoms with Crippen LogP contribution in [0.15, 0.2) is 16.7 Å². The van der Waals surface area contributed by atoms with Gasteiger partial charge in [0.15, 0.2) is 0 Å². The second-order valence-corrected chi connectivity index (χ2v) is 4.69. The monoisotopic (exact) mass is 243 g/mol. The van der Waals surface area contributed by atoms with Crippen LogP contribution in [0.25, 0.3) is 0 Å². The number of furan rings is 1. The van der Waals surface area contributed by atoms with E-state index in [0.29, 0.717) is 17.9 Å². The van der Waals surface area contributed by atoms with Crippen molar-refractivity contribution in [3.8, 4) is 0 Å². The highest BCUT2D eigenvalue weighted by atomic mass is 35.5. The second kappa shape index (κ2) is 4.91. The first-order valence-electron chi connectivity index (χ1n) is 5.34. The van der Waals surface area contributed by atoms with Crippen molar-refractivity contribution in [1.82, 2.24) is 4.90 Å². The summed E-state index contributed by atoms with van der Waals surface area (Å²) in [6, 6.07) is 1.71. The Labute approximate surface area is 101 Å². The molecule has 0 aliphatic heterocycles. The van der Waals surface area contributed by atoms with Crippen molar-refractivity contribution in [3.63, 3.8) is 0 Å². The zero-order valence-electron chi connectivity index (χ0n) is 10.2. The number of hydrogen-bond donors (Lipinski definition) is 0. The van der Waals surface area contributed by atoms with Crippen molar-refractivity contribution in [1.29, 1.82) is 0 Å². The Morgan fingerprint density at radius 3 is 2.69 bits per heavy atom. The molecule has 0 fully saturated rings. The van der Waals surface area contributed by atoms with E-state index in [9.17, 15) is 4.79 Å². The SMILES string of the molecule is CCc1occc1C(=O)N(C)C(C)(C)CCl. The van der Waals surface area contributed by atoms with E-state index < -0.39 is 0 Å². The summed E-state index contributed by atoms with van der Waals surface area (Å²) in [4.78, 5) is 13.9. The van der Waals surface area contributed by atoms with Crippen molar-refractivity contribution in [2.24, 2.45) is 0 Å². The van der Waals surface area contributed by atoms with Crippen LogP contribution in [0, 0.1) is 0 Å². The number of rotatable bonds is 4. The molecule has 16 heavy (non-hydrogen) atoms. The normalized spacial score (nSPS) is 11.6. The minimum absolute atomic E-state index is 0.0451. The Morgan fingerprint density at radius 2 is 2.19 bits per heavy atom. The lowest BCUT2D eigenvalue weighted by Crippen LogP contribution is -2.46. The van der Waals surface area contributed by atoms with Crippen LogP contribution in [-0.4, -0.2) is 29.3 Å². The summed E-state index contributed by atoms with van der Waals surface area (Å²) in [6.45, 7) is 5.83. The summed E-state index contributed by atoms with van der Waals surface area (Å²) in [5, 5.41) is 0. The molecule has 0 unspecified atom stereocenters. The molecule has 0 aromatic carbocycles. The van der Waals surface area contributed by atoms with E-state index in [0.717, 1.165) is 5.76 Å². The van der Waals surface area contributed by atoms with Crippen LogP contribution in [0.1, 0.15) is 36.9 Å². The third kappa shape index (κ3) is 2.40. The Morgan fingerprint density at radius 1 is 1.56 bits per heavy atom. The standard InChI is InChI=1S/C12H18ClNO2/c1-5-10-9(6-7-16-10)11(15)14(4)12(2,3)8-13/h6-7H,5,8H2,1-4H3. The summed E-state index contributed by atoms with van der Waals surface area (Å²) >= 11 is 5.85. The first-order chi connectivity index (χ1) is 7.44. The van der Waals surface area contributed by atoms with Gasteiger partial charge in [-0.1, -0.05) is 6.92 Å². The Bertz CT molecular complexity index is 371. The van der Waals surface area contributed by atoms with Crippen molar-refractivity contribution in [3.05, 3.63) is 23.7 Å². The topological polar surface area (TPSA) is 33.5 Å². The van der Waals surface area contributed by atoms with Crippen molar-refractivity contribution in [2.45, 2.75) is 32.7 Å². The Hall–Kier alpha value is -0.960. The van der Waals surface area contributed by atoms with Crippen LogP contribution >= 0.6 is 11.6 Å². The van der Waals surface area contributed by atoms with Gasteiger partial charge in [0.05, 0.1) is 17.4 Å². The van der Waals surface area contributed by atoms with Gasteiger partial charge in [0.1, 0.15) is 5.76 Å². The largest absolute Gasteiger partial charge is 0.469 e. The lowest BCUT2D eigenvalue weighted by atomic mass is 10.0. The predicted octanol–water partition coefficient (Wildman–Crippen LogP) is 2.93. The van der Waals surface area contributed by atoms with Crippen LogP contribution in [-0.2, 0) is 6.42 Å². The third-order valence-corrected chi connectivity index (χ3v) is 3.49. The van der Waals surface area contributed by atoms with Crippen molar-refractivity contribution >= 4 is 17.5 Å². The molecular formula is C12H18ClNO2. The molecule has 0 atom stereocenters. The number of amides is 1. The molecule has 0 saturated carbocycles. The molecule has 0 saturated heterocycles. The zero-order valence-corrected chi connectivity index (χ0v) is 11.0. The van der Waals surface area contributed by atoms with E-state index in [-0.39, 0.29) is 11.4 Å². The number of carbonyl (C=O) groups is 1. The summed E-state index contributed by atoms with van der Waals surface area (Å²) in [5.74, 6) is 1.08.